The maximum atomic E-state index is 9.05. The van der Waals surface area contributed by atoms with Crippen molar-refractivity contribution in [2.75, 3.05) is 12.8 Å². The molecule has 0 aliphatic heterocycles. The van der Waals surface area contributed by atoms with Crippen molar-refractivity contribution in [1.29, 1.82) is 5.26 Å². The molecule has 0 aliphatic rings. The predicted molar refractivity (Wildman–Crippen MR) is 85.3 cm³/mol. The molecule has 0 bridgehead atoms. The molecule has 0 saturated carbocycles. The quantitative estimate of drug-likeness (QED) is 0.738. The topological polar surface area (TPSA) is 72.2 Å². The molecular weight excluding hydrogens is 276 g/mol. The molecule has 108 valence electrons. The summed E-state index contributed by atoms with van der Waals surface area (Å²) in [5.41, 5.74) is 9.98. The van der Waals surface area contributed by atoms with Crippen LogP contribution < -0.4 is 10.5 Å². The van der Waals surface area contributed by atoms with Gasteiger partial charge in [0.25, 0.3) is 0 Å². The molecule has 0 atom stereocenters. The van der Waals surface area contributed by atoms with Gasteiger partial charge in [0.1, 0.15) is 11.8 Å². The van der Waals surface area contributed by atoms with E-state index in [4.69, 9.17) is 20.1 Å². The molecule has 0 radical (unpaired) electrons. The highest BCUT2D eigenvalue weighted by Gasteiger charge is 2.10. The van der Waals surface area contributed by atoms with Crippen LogP contribution in [0.3, 0.4) is 0 Å². The number of anilines is 1. The lowest BCUT2D eigenvalue weighted by Gasteiger charge is -2.09. The molecule has 3 aromatic rings. The Morgan fingerprint density at radius 3 is 2.45 bits per heavy atom. The van der Waals surface area contributed by atoms with Crippen molar-refractivity contribution in [2.45, 2.75) is 0 Å². The number of nitriles is 1. The molecule has 0 spiro atoms. The number of nitrogens with two attached hydrogens (primary N) is 1. The zero-order valence-corrected chi connectivity index (χ0v) is 12.0. The molecule has 0 saturated heterocycles. The number of nitrogen functional groups attached to an aromatic ring is 1. The summed E-state index contributed by atoms with van der Waals surface area (Å²) in [4.78, 5) is 0. The van der Waals surface area contributed by atoms with Crippen LogP contribution in [0.5, 0.6) is 5.75 Å². The van der Waals surface area contributed by atoms with E-state index in [0.717, 1.165) is 22.4 Å². The monoisotopic (exact) mass is 290 g/mol. The Labute approximate surface area is 128 Å². The second kappa shape index (κ2) is 5.66. The fraction of sp³-hybridized carbons (Fsp3) is 0.0556. The first-order valence-corrected chi connectivity index (χ1v) is 6.75. The van der Waals surface area contributed by atoms with Gasteiger partial charge >= 0.3 is 0 Å². The molecule has 4 nitrogen and oxygen atoms in total. The van der Waals surface area contributed by atoms with Crippen LogP contribution in [0.1, 0.15) is 5.56 Å². The maximum absolute atomic E-state index is 9.05. The highest BCUT2D eigenvalue weighted by Crippen LogP contribution is 2.32. The summed E-state index contributed by atoms with van der Waals surface area (Å²) in [5.74, 6) is 1.33. The van der Waals surface area contributed by atoms with Crippen LogP contribution in [0.25, 0.3) is 22.5 Å². The van der Waals surface area contributed by atoms with Crippen molar-refractivity contribution in [1.82, 2.24) is 0 Å². The maximum Gasteiger partial charge on any atom is 0.151 e. The van der Waals surface area contributed by atoms with Crippen LogP contribution in [0.2, 0.25) is 0 Å². The minimum Gasteiger partial charge on any atom is -0.497 e. The number of furan rings is 1. The zero-order chi connectivity index (χ0) is 15.5. The number of methoxy groups -OCH3 is 1. The number of rotatable bonds is 3. The lowest BCUT2D eigenvalue weighted by molar-refractivity contribution is 0.415. The highest BCUT2D eigenvalue weighted by molar-refractivity contribution is 5.79. The minimum absolute atomic E-state index is 0.522. The Hall–Kier alpha value is -3.19. The Kier molecular flexibility index (Phi) is 3.55. The Bertz CT molecular complexity index is 842. The summed E-state index contributed by atoms with van der Waals surface area (Å²) in [7, 11) is 1.62. The van der Waals surface area contributed by atoms with Crippen molar-refractivity contribution >= 4 is 5.69 Å². The smallest absolute Gasteiger partial charge is 0.151 e. The summed E-state index contributed by atoms with van der Waals surface area (Å²) in [6, 6.07) is 17.0. The van der Waals surface area contributed by atoms with Crippen LogP contribution in [0.4, 0.5) is 5.69 Å². The third-order valence-corrected chi connectivity index (χ3v) is 3.50. The summed E-state index contributed by atoms with van der Waals surface area (Å²) < 4.78 is 10.6. The van der Waals surface area contributed by atoms with Crippen molar-refractivity contribution in [3.05, 3.63) is 60.4 Å². The fourth-order valence-electron chi connectivity index (χ4n) is 2.33. The van der Waals surface area contributed by atoms with E-state index in [0.29, 0.717) is 17.0 Å². The molecule has 3 rings (SSSR count). The molecule has 0 unspecified atom stereocenters. The molecule has 0 fully saturated rings. The van der Waals surface area contributed by atoms with E-state index in [1.165, 1.54) is 6.26 Å². The number of hydrogen-bond acceptors (Lipinski definition) is 4. The molecule has 0 amide bonds. The van der Waals surface area contributed by atoms with Gasteiger partial charge < -0.3 is 14.9 Å². The molecular formula is C18H14N2O2. The van der Waals surface area contributed by atoms with Gasteiger partial charge in [-0.1, -0.05) is 24.3 Å². The molecule has 2 aromatic carbocycles. The van der Waals surface area contributed by atoms with Crippen LogP contribution in [0.15, 0.2) is 59.2 Å². The average molecular weight is 290 g/mol. The van der Waals surface area contributed by atoms with Crippen LogP contribution >= 0.6 is 0 Å². The summed E-state index contributed by atoms with van der Waals surface area (Å²) >= 11 is 0. The number of ether oxygens (including phenoxy) is 1. The standard InChI is InChI=1S/C18H14N2O2/c1-21-15-6-7-17(20)16(10-15)12-2-4-13(5-3-12)18-14(11-19)8-9-22-18/h2-10H,20H2,1H3. The third-order valence-electron chi connectivity index (χ3n) is 3.50. The van der Waals surface area contributed by atoms with Crippen LogP contribution in [-0.4, -0.2) is 7.11 Å². The van der Waals surface area contributed by atoms with E-state index in [9.17, 15) is 0 Å². The molecule has 0 aliphatic carbocycles. The first-order chi connectivity index (χ1) is 10.7. The van der Waals surface area contributed by atoms with Crippen molar-refractivity contribution in [3.63, 3.8) is 0 Å². The second-order valence-electron chi connectivity index (χ2n) is 4.81. The first kappa shape index (κ1) is 13.8. The van der Waals surface area contributed by atoms with Crippen LogP contribution in [-0.2, 0) is 0 Å². The Morgan fingerprint density at radius 1 is 1.05 bits per heavy atom. The SMILES string of the molecule is COc1ccc(N)c(-c2ccc(-c3occc3C#N)cc2)c1. The van der Waals surface area contributed by atoms with Gasteiger partial charge in [-0.3, -0.25) is 0 Å². The molecule has 2 N–H and O–H groups in total. The highest BCUT2D eigenvalue weighted by atomic mass is 16.5. The number of nitrogens with zero attached hydrogens (tertiary/aromatic N) is 1. The van der Waals surface area contributed by atoms with E-state index < -0.39 is 0 Å². The van der Waals surface area contributed by atoms with E-state index >= 15 is 0 Å². The minimum atomic E-state index is 0.522. The Balaban J connectivity index is 2.00. The summed E-state index contributed by atoms with van der Waals surface area (Å²) in [6.45, 7) is 0. The summed E-state index contributed by atoms with van der Waals surface area (Å²) in [6.07, 6.45) is 1.52. The summed E-state index contributed by atoms with van der Waals surface area (Å²) in [5, 5.41) is 9.05. The van der Waals surface area contributed by atoms with Crippen molar-refractivity contribution in [3.8, 4) is 34.3 Å². The fourth-order valence-corrected chi connectivity index (χ4v) is 2.33. The van der Waals surface area contributed by atoms with Gasteiger partial charge in [0, 0.05) is 16.8 Å². The Morgan fingerprint density at radius 2 is 1.77 bits per heavy atom. The molecule has 1 heterocycles. The molecule has 1 aromatic heterocycles. The van der Waals surface area contributed by atoms with Gasteiger partial charge in [-0.05, 0) is 29.8 Å². The second-order valence-corrected chi connectivity index (χ2v) is 4.81. The van der Waals surface area contributed by atoms with Gasteiger partial charge in [-0.15, -0.1) is 0 Å². The number of hydrogen-bond donors (Lipinski definition) is 1. The van der Waals surface area contributed by atoms with E-state index in [1.54, 1.807) is 13.2 Å². The average Bonchev–Trinajstić information content (AvgIpc) is 3.04. The number of benzene rings is 2. The lowest BCUT2D eigenvalue weighted by atomic mass is 10.0. The van der Waals surface area contributed by atoms with E-state index in [1.807, 2.05) is 42.5 Å². The van der Waals surface area contributed by atoms with Gasteiger partial charge in [-0.2, -0.15) is 5.26 Å². The normalized spacial score (nSPS) is 10.2. The van der Waals surface area contributed by atoms with Crippen molar-refractivity contribution < 1.29 is 9.15 Å². The van der Waals surface area contributed by atoms with Gasteiger partial charge in [0.15, 0.2) is 5.76 Å². The zero-order valence-electron chi connectivity index (χ0n) is 12.0. The molecule has 22 heavy (non-hydrogen) atoms. The van der Waals surface area contributed by atoms with Gasteiger partial charge in [-0.25, -0.2) is 0 Å². The van der Waals surface area contributed by atoms with Gasteiger partial charge in [0.05, 0.1) is 18.9 Å². The third kappa shape index (κ3) is 2.40. The predicted octanol–water partition coefficient (Wildman–Crippen LogP) is 4.08. The van der Waals surface area contributed by atoms with Gasteiger partial charge in [0.2, 0.25) is 0 Å². The first-order valence-electron chi connectivity index (χ1n) is 6.75. The van der Waals surface area contributed by atoms with Crippen molar-refractivity contribution in [2.24, 2.45) is 0 Å². The van der Waals surface area contributed by atoms with E-state index in [-0.39, 0.29) is 0 Å². The largest absolute Gasteiger partial charge is 0.497 e. The van der Waals surface area contributed by atoms with Crippen LogP contribution in [0, 0.1) is 11.3 Å². The molecule has 4 heteroatoms. The lowest BCUT2D eigenvalue weighted by Crippen LogP contribution is -1.92. The van der Waals surface area contributed by atoms with E-state index in [2.05, 4.69) is 6.07 Å².